The summed E-state index contributed by atoms with van der Waals surface area (Å²) in [6.07, 6.45) is 0. The van der Waals surface area contributed by atoms with Gasteiger partial charge >= 0.3 is 0 Å². The number of hydrogen-bond acceptors (Lipinski definition) is 3. The number of fused-ring (bicyclic) bond motifs is 1. The van der Waals surface area contributed by atoms with Gasteiger partial charge in [-0.25, -0.2) is 4.39 Å². The Balaban J connectivity index is 1.77. The highest BCUT2D eigenvalue weighted by Gasteiger charge is 2.23. The van der Waals surface area contributed by atoms with Gasteiger partial charge in [0, 0.05) is 16.5 Å². The maximum absolute atomic E-state index is 13.1. The zero-order chi connectivity index (χ0) is 19.7. The Morgan fingerprint density at radius 1 is 0.857 bits per heavy atom. The molecule has 138 valence electrons. The molecular formula is C23H16FNO3. The van der Waals surface area contributed by atoms with Gasteiger partial charge in [0.1, 0.15) is 11.4 Å². The minimum Gasteiger partial charge on any atom is -0.450 e. The van der Waals surface area contributed by atoms with Gasteiger partial charge in [0.2, 0.25) is 5.78 Å². The first-order valence-corrected chi connectivity index (χ1v) is 8.73. The molecule has 0 unspecified atom stereocenters. The molecule has 0 aliphatic carbocycles. The largest absolute Gasteiger partial charge is 0.450 e. The number of furan rings is 1. The number of anilines is 1. The van der Waals surface area contributed by atoms with E-state index in [-0.39, 0.29) is 17.1 Å². The minimum absolute atomic E-state index is 0.0560. The van der Waals surface area contributed by atoms with Crippen molar-refractivity contribution in [2.45, 2.75) is 6.92 Å². The average Bonchev–Trinajstić information content (AvgIpc) is 3.07. The van der Waals surface area contributed by atoms with Crippen molar-refractivity contribution in [3.63, 3.8) is 0 Å². The molecule has 0 saturated carbocycles. The fourth-order valence-electron chi connectivity index (χ4n) is 2.95. The highest BCUT2D eigenvalue weighted by molar-refractivity contribution is 6.18. The molecule has 1 aromatic heterocycles. The molecule has 0 bridgehead atoms. The quantitative estimate of drug-likeness (QED) is 0.490. The van der Waals surface area contributed by atoms with Crippen molar-refractivity contribution in [3.8, 4) is 0 Å². The number of aryl methyl sites for hydroxylation is 1. The summed E-state index contributed by atoms with van der Waals surface area (Å²) in [6.45, 7) is 1.93. The number of carbonyl (C=O) groups excluding carboxylic acids is 2. The lowest BCUT2D eigenvalue weighted by atomic mass is 10.1. The van der Waals surface area contributed by atoms with Gasteiger partial charge < -0.3 is 9.73 Å². The van der Waals surface area contributed by atoms with Crippen molar-refractivity contribution in [1.29, 1.82) is 0 Å². The summed E-state index contributed by atoms with van der Waals surface area (Å²) in [5.41, 5.74) is 2.57. The highest BCUT2D eigenvalue weighted by Crippen LogP contribution is 2.33. The summed E-state index contributed by atoms with van der Waals surface area (Å²) in [6, 6.07) is 19.4. The van der Waals surface area contributed by atoms with Crippen LogP contribution in [0.5, 0.6) is 0 Å². The van der Waals surface area contributed by atoms with Crippen molar-refractivity contribution >= 4 is 28.3 Å². The summed E-state index contributed by atoms with van der Waals surface area (Å²) in [5, 5.41) is 3.37. The van der Waals surface area contributed by atoms with Gasteiger partial charge in [0.15, 0.2) is 5.76 Å². The van der Waals surface area contributed by atoms with E-state index in [0.717, 1.165) is 5.56 Å². The van der Waals surface area contributed by atoms with Crippen LogP contribution in [0.1, 0.15) is 32.0 Å². The fraction of sp³-hybridized carbons (Fsp3) is 0.0435. The van der Waals surface area contributed by atoms with Gasteiger partial charge in [-0.2, -0.15) is 0 Å². The Kier molecular flexibility index (Phi) is 4.49. The molecule has 0 aliphatic heterocycles. The molecule has 0 atom stereocenters. The smallest absolute Gasteiger partial charge is 0.255 e. The van der Waals surface area contributed by atoms with E-state index < -0.39 is 11.7 Å². The van der Waals surface area contributed by atoms with Gasteiger partial charge in [-0.05, 0) is 43.3 Å². The number of ketones is 1. The standard InChI is InChI=1S/C23H16FNO3/c1-14-6-8-15(9-7-14)21(26)22-20(18-4-2-3-5-19(18)28-22)25-23(27)16-10-12-17(24)13-11-16/h2-13H,1H3,(H,25,27). The first-order chi connectivity index (χ1) is 13.5. The van der Waals surface area contributed by atoms with E-state index in [1.165, 1.54) is 24.3 Å². The number of para-hydroxylation sites is 1. The van der Waals surface area contributed by atoms with Crippen molar-refractivity contribution in [1.82, 2.24) is 0 Å². The molecule has 4 aromatic rings. The Hall–Kier alpha value is -3.73. The van der Waals surface area contributed by atoms with Crippen LogP contribution >= 0.6 is 0 Å². The number of nitrogens with one attached hydrogen (secondary N) is 1. The second kappa shape index (κ2) is 7.12. The third-order valence-electron chi connectivity index (χ3n) is 4.46. The third-order valence-corrected chi connectivity index (χ3v) is 4.46. The number of amides is 1. The van der Waals surface area contributed by atoms with E-state index in [2.05, 4.69) is 5.32 Å². The SMILES string of the molecule is Cc1ccc(C(=O)c2oc3ccccc3c2NC(=O)c2ccc(F)cc2)cc1. The first kappa shape index (κ1) is 17.7. The monoisotopic (exact) mass is 373 g/mol. The molecule has 0 saturated heterocycles. The molecule has 1 amide bonds. The average molecular weight is 373 g/mol. The van der Waals surface area contributed by atoms with E-state index in [1.54, 1.807) is 36.4 Å². The normalized spacial score (nSPS) is 10.8. The summed E-state index contributed by atoms with van der Waals surface area (Å²) in [5.74, 6) is -1.16. The molecule has 1 N–H and O–H groups in total. The van der Waals surface area contributed by atoms with Gasteiger partial charge in [-0.3, -0.25) is 9.59 Å². The lowest BCUT2D eigenvalue weighted by Crippen LogP contribution is -2.14. The third kappa shape index (κ3) is 3.30. The van der Waals surface area contributed by atoms with Crippen LogP contribution in [0.3, 0.4) is 0 Å². The lowest BCUT2D eigenvalue weighted by molar-refractivity contribution is 0.101. The van der Waals surface area contributed by atoms with Crippen LogP contribution < -0.4 is 5.32 Å². The maximum atomic E-state index is 13.1. The molecule has 0 spiro atoms. The summed E-state index contributed by atoms with van der Waals surface area (Å²) < 4.78 is 18.9. The number of hydrogen-bond donors (Lipinski definition) is 1. The first-order valence-electron chi connectivity index (χ1n) is 8.73. The molecule has 0 fully saturated rings. The number of benzene rings is 3. The van der Waals surface area contributed by atoms with Crippen LogP contribution in [-0.4, -0.2) is 11.7 Å². The zero-order valence-electron chi connectivity index (χ0n) is 15.0. The molecule has 0 aliphatic rings. The number of carbonyl (C=O) groups is 2. The Labute approximate surface area is 160 Å². The van der Waals surface area contributed by atoms with Crippen LogP contribution in [0, 0.1) is 12.7 Å². The van der Waals surface area contributed by atoms with Crippen LogP contribution in [0.2, 0.25) is 0 Å². The van der Waals surface area contributed by atoms with Gasteiger partial charge in [0.25, 0.3) is 5.91 Å². The molecule has 4 rings (SSSR count). The predicted molar refractivity (Wildman–Crippen MR) is 105 cm³/mol. The molecular weight excluding hydrogens is 357 g/mol. The Bertz CT molecular complexity index is 1170. The van der Waals surface area contributed by atoms with Crippen molar-refractivity contribution in [2.24, 2.45) is 0 Å². The number of rotatable bonds is 4. The predicted octanol–water partition coefficient (Wildman–Crippen LogP) is 5.36. The van der Waals surface area contributed by atoms with E-state index in [4.69, 9.17) is 4.42 Å². The van der Waals surface area contributed by atoms with Crippen molar-refractivity contribution in [3.05, 3.63) is 101 Å². The van der Waals surface area contributed by atoms with Crippen LogP contribution in [0.15, 0.2) is 77.2 Å². The van der Waals surface area contributed by atoms with E-state index in [9.17, 15) is 14.0 Å². The molecule has 3 aromatic carbocycles. The lowest BCUT2D eigenvalue weighted by Gasteiger charge is -2.06. The fourth-order valence-corrected chi connectivity index (χ4v) is 2.95. The summed E-state index contributed by atoms with van der Waals surface area (Å²) in [7, 11) is 0. The summed E-state index contributed by atoms with van der Waals surface area (Å²) in [4.78, 5) is 25.7. The second-order valence-corrected chi connectivity index (χ2v) is 6.46. The van der Waals surface area contributed by atoms with Gasteiger partial charge in [0.05, 0.1) is 5.69 Å². The van der Waals surface area contributed by atoms with Crippen molar-refractivity contribution in [2.75, 3.05) is 5.32 Å². The highest BCUT2D eigenvalue weighted by atomic mass is 19.1. The van der Waals surface area contributed by atoms with E-state index in [0.29, 0.717) is 22.2 Å². The van der Waals surface area contributed by atoms with Crippen LogP contribution in [0.25, 0.3) is 11.0 Å². The van der Waals surface area contributed by atoms with Gasteiger partial charge in [-0.1, -0.05) is 42.0 Å². The molecule has 0 radical (unpaired) electrons. The second-order valence-electron chi connectivity index (χ2n) is 6.46. The Morgan fingerprint density at radius 3 is 2.21 bits per heavy atom. The van der Waals surface area contributed by atoms with Crippen molar-refractivity contribution < 1.29 is 18.4 Å². The molecule has 4 nitrogen and oxygen atoms in total. The Morgan fingerprint density at radius 2 is 1.50 bits per heavy atom. The molecule has 1 heterocycles. The van der Waals surface area contributed by atoms with Crippen LogP contribution in [-0.2, 0) is 0 Å². The minimum atomic E-state index is -0.454. The van der Waals surface area contributed by atoms with Crippen LogP contribution in [0.4, 0.5) is 10.1 Å². The zero-order valence-corrected chi connectivity index (χ0v) is 15.0. The molecule has 5 heteroatoms. The topological polar surface area (TPSA) is 59.3 Å². The van der Waals surface area contributed by atoms with E-state index >= 15 is 0 Å². The van der Waals surface area contributed by atoms with Gasteiger partial charge in [-0.15, -0.1) is 0 Å². The number of halogens is 1. The molecule has 28 heavy (non-hydrogen) atoms. The van der Waals surface area contributed by atoms with E-state index in [1.807, 2.05) is 19.1 Å². The summed E-state index contributed by atoms with van der Waals surface area (Å²) >= 11 is 0. The maximum Gasteiger partial charge on any atom is 0.255 e.